The molecule has 0 saturated carbocycles. The average molecular weight is 266 g/mol. The molecule has 1 aromatic carbocycles. The summed E-state index contributed by atoms with van der Waals surface area (Å²) in [6.07, 6.45) is -4.69. The van der Waals surface area contributed by atoms with E-state index >= 15 is 0 Å². The molecule has 0 amide bonds. The molecular weight excluding hydrogens is 257 g/mol. The number of hydrogen-bond donors (Lipinski definition) is 1. The van der Waals surface area contributed by atoms with Crippen LogP contribution in [0.3, 0.4) is 0 Å². The summed E-state index contributed by atoms with van der Waals surface area (Å²) in [5, 5.41) is 12.1. The van der Waals surface area contributed by atoms with Crippen LogP contribution in [0.1, 0.15) is 16.8 Å². The van der Waals surface area contributed by atoms with Crippen molar-refractivity contribution in [2.45, 2.75) is 12.7 Å². The fourth-order valence-corrected chi connectivity index (χ4v) is 1.66. The number of anilines is 1. The van der Waals surface area contributed by atoms with E-state index in [1.54, 1.807) is 30.3 Å². The lowest BCUT2D eigenvalue weighted by Gasteiger charge is -2.04. The van der Waals surface area contributed by atoms with Crippen LogP contribution in [0.15, 0.2) is 30.3 Å². The quantitative estimate of drug-likeness (QED) is 0.907. The minimum Gasteiger partial charge on any atom is -0.383 e. The first kappa shape index (κ1) is 13.0. The Morgan fingerprint density at radius 1 is 1.26 bits per heavy atom. The van der Waals surface area contributed by atoms with Crippen molar-refractivity contribution in [1.82, 2.24) is 9.78 Å². The van der Waals surface area contributed by atoms with Crippen molar-refractivity contribution < 1.29 is 13.2 Å². The highest BCUT2D eigenvalue weighted by Gasteiger charge is 2.39. The summed E-state index contributed by atoms with van der Waals surface area (Å²) in [6, 6.07) is 10.2. The summed E-state index contributed by atoms with van der Waals surface area (Å²) >= 11 is 0. The maximum absolute atomic E-state index is 12.7. The van der Waals surface area contributed by atoms with Gasteiger partial charge in [0, 0.05) is 0 Å². The first-order valence-electron chi connectivity index (χ1n) is 5.31. The van der Waals surface area contributed by atoms with E-state index in [-0.39, 0.29) is 12.4 Å². The van der Waals surface area contributed by atoms with Gasteiger partial charge in [-0.3, -0.25) is 0 Å². The first-order valence-corrected chi connectivity index (χ1v) is 5.31. The molecule has 19 heavy (non-hydrogen) atoms. The number of hydrogen-bond acceptors (Lipinski definition) is 3. The second-order valence-corrected chi connectivity index (χ2v) is 3.86. The third-order valence-electron chi connectivity index (χ3n) is 2.55. The van der Waals surface area contributed by atoms with Gasteiger partial charge in [0.15, 0.2) is 5.69 Å². The number of nitrogens with zero attached hydrogens (tertiary/aromatic N) is 3. The van der Waals surface area contributed by atoms with Gasteiger partial charge in [0.1, 0.15) is 17.5 Å². The van der Waals surface area contributed by atoms with Gasteiger partial charge < -0.3 is 5.73 Å². The minimum atomic E-state index is -4.69. The number of benzene rings is 1. The maximum Gasteiger partial charge on any atom is 0.436 e. The molecule has 1 aromatic heterocycles. The van der Waals surface area contributed by atoms with Crippen LogP contribution in [0.2, 0.25) is 0 Å². The van der Waals surface area contributed by atoms with Gasteiger partial charge in [-0.15, -0.1) is 0 Å². The highest BCUT2D eigenvalue weighted by molar-refractivity contribution is 5.53. The number of nitriles is 1. The first-order chi connectivity index (χ1) is 8.93. The van der Waals surface area contributed by atoms with Crippen molar-refractivity contribution in [3.8, 4) is 6.07 Å². The lowest BCUT2D eigenvalue weighted by atomic mass is 10.2. The Balaban J connectivity index is 2.44. The topological polar surface area (TPSA) is 67.6 Å². The molecule has 0 saturated heterocycles. The van der Waals surface area contributed by atoms with Crippen LogP contribution in [0, 0.1) is 11.3 Å². The predicted molar refractivity (Wildman–Crippen MR) is 61.9 cm³/mol. The van der Waals surface area contributed by atoms with Crippen molar-refractivity contribution in [3.63, 3.8) is 0 Å². The van der Waals surface area contributed by atoms with E-state index in [9.17, 15) is 13.2 Å². The lowest BCUT2D eigenvalue weighted by Crippen LogP contribution is -2.09. The van der Waals surface area contributed by atoms with Crippen molar-refractivity contribution in [3.05, 3.63) is 47.2 Å². The van der Waals surface area contributed by atoms with Crippen LogP contribution in [0.25, 0.3) is 0 Å². The third kappa shape index (κ3) is 2.52. The van der Waals surface area contributed by atoms with Crippen LogP contribution in [-0.2, 0) is 12.7 Å². The maximum atomic E-state index is 12.7. The van der Waals surface area contributed by atoms with Crippen LogP contribution in [0.5, 0.6) is 0 Å². The van der Waals surface area contributed by atoms with Gasteiger partial charge in [0.05, 0.1) is 6.54 Å². The summed E-state index contributed by atoms with van der Waals surface area (Å²) < 4.78 is 39.0. The fourth-order valence-electron chi connectivity index (χ4n) is 1.66. The van der Waals surface area contributed by atoms with E-state index in [1.165, 1.54) is 6.07 Å². The van der Waals surface area contributed by atoms with Gasteiger partial charge in [-0.1, -0.05) is 30.3 Å². The average Bonchev–Trinajstić information content (AvgIpc) is 2.67. The normalized spacial score (nSPS) is 11.3. The van der Waals surface area contributed by atoms with Gasteiger partial charge >= 0.3 is 6.18 Å². The van der Waals surface area contributed by atoms with Gasteiger partial charge in [0.2, 0.25) is 0 Å². The Kier molecular flexibility index (Phi) is 3.17. The highest BCUT2D eigenvalue weighted by Crippen LogP contribution is 2.33. The Hall–Kier alpha value is -2.49. The Morgan fingerprint density at radius 2 is 1.89 bits per heavy atom. The van der Waals surface area contributed by atoms with E-state index in [0.29, 0.717) is 0 Å². The Morgan fingerprint density at radius 3 is 2.37 bits per heavy atom. The zero-order chi connectivity index (χ0) is 14.0. The zero-order valence-corrected chi connectivity index (χ0v) is 9.65. The molecule has 0 spiro atoms. The molecule has 0 aliphatic heterocycles. The Bertz CT molecular complexity index is 623. The van der Waals surface area contributed by atoms with E-state index < -0.39 is 17.4 Å². The molecule has 1 heterocycles. The van der Waals surface area contributed by atoms with Crippen molar-refractivity contribution in [2.24, 2.45) is 0 Å². The molecule has 0 unspecified atom stereocenters. The summed E-state index contributed by atoms with van der Waals surface area (Å²) in [5.41, 5.74) is 4.40. The minimum absolute atomic E-state index is 0.0808. The smallest absolute Gasteiger partial charge is 0.383 e. The second kappa shape index (κ2) is 4.65. The molecule has 0 aliphatic carbocycles. The molecule has 0 bridgehead atoms. The third-order valence-corrected chi connectivity index (χ3v) is 2.55. The summed E-state index contributed by atoms with van der Waals surface area (Å²) in [6.45, 7) is 0.0808. The van der Waals surface area contributed by atoms with Gasteiger partial charge in [0.25, 0.3) is 0 Å². The van der Waals surface area contributed by atoms with E-state index in [1.807, 2.05) is 0 Å². The van der Waals surface area contributed by atoms with Crippen LogP contribution >= 0.6 is 0 Å². The van der Waals surface area contributed by atoms with Crippen molar-refractivity contribution in [1.29, 1.82) is 5.26 Å². The molecular formula is C12H9F3N4. The molecule has 4 nitrogen and oxygen atoms in total. The lowest BCUT2D eigenvalue weighted by molar-refractivity contribution is -0.141. The highest BCUT2D eigenvalue weighted by atomic mass is 19.4. The van der Waals surface area contributed by atoms with Crippen LogP contribution < -0.4 is 5.73 Å². The van der Waals surface area contributed by atoms with E-state index in [4.69, 9.17) is 11.0 Å². The number of aromatic nitrogens is 2. The van der Waals surface area contributed by atoms with Crippen molar-refractivity contribution in [2.75, 3.05) is 5.73 Å². The van der Waals surface area contributed by atoms with Gasteiger partial charge in [-0.05, 0) is 5.56 Å². The summed E-state index contributed by atoms with van der Waals surface area (Å²) in [5.74, 6) is -0.279. The number of nitrogens with two attached hydrogens (primary N) is 1. The number of alkyl halides is 3. The predicted octanol–water partition coefficient (Wildman–Crippen LogP) is 2.40. The van der Waals surface area contributed by atoms with E-state index in [2.05, 4.69) is 5.10 Å². The number of halogens is 3. The molecule has 2 aromatic rings. The second-order valence-electron chi connectivity index (χ2n) is 3.86. The molecule has 0 aliphatic rings. The monoisotopic (exact) mass is 266 g/mol. The van der Waals surface area contributed by atoms with Crippen LogP contribution in [-0.4, -0.2) is 9.78 Å². The number of rotatable bonds is 2. The fraction of sp³-hybridized carbons (Fsp3) is 0.167. The standard InChI is InChI=1S/C12H9F3N4/c13-12(14,15)10-9(6-16)11(17)19(18-10)7-8-4-2-1-3-5-8/h1-5H,7,17H2. The largest absolute Gasteiger partial charge is 0.436 e. The SMILES string of the molecule is N#Cc1c(C(F)(F)F)nn(Cc2ccccc2)c1N. The molecule has 0 radical (unpaired) electrons. The van der Waals surface area contributed by atoms with Crippen molar-refractivity contribution >= 4 is 5.82 Å². The van der Waals surface area contributed by atoms with E-state index in [0.717, 1.165) is 10.2 Å². The Labute approximate surface area is 106 Å². The summed E-state index contributed by atoms with van der Waals surface area (Å²) in [7, 11) is 0. The number of nitrogen functional groups attached to an aromatic ring is 1. The summed E-state index contributed by atoms with van der Waals surface area (Å²) in [4.78, 5) is 0. The molecule has 0 atom stereocenters. The van der Waals surface area contributed by atoms with Gasteiger partial charge in [-0.2, -0.15) is 23.5 Å². The molecule has 7 heteroatoms. The van der Waals surface area contributed by atoms with Gasteiger partial charge in [-0.25, -0.2) is 4.68 Å². The zero-order valence-electron chi connectivity index (χ0n) is 9.65. The molecule has 2 rings (SSSR count). The van der Waals surface area contributed by atoms with Crippen LogP contribution in [0.4, 0.5) is 19.0 Å². The molecule has 98 valence electrons. The molecule has 0 fully saturated rings. The molecule has 2 N–H and O–H groups in total.